The Bertz CT molecular complexity index is 1940. The third kappa shape index (κ3) is 8.55. The smallest absolute Gasteiger partial charge is 0.338 e. The molecule has 0 unspecified atom stereocenters. The summed E-state index contributed by atoms with van der Waals surface area (Å²) in [4.78, 5) is 40.1. The molecule has 1 aliphatic heterocycles. The zero-order chi connectivity index (χ0) is 34.9. The molecule has 1 fully saturated rings. The van der Waals surface area contributed by atoms with Crippen LogP contribution in [0.1, 0.15) is 42.2 Å². The highest BCUT2D eigenvalue weighted by Crippen LogP contribution is 2.31. The lowest BCUT2D eigenvalue weighted by Gasteiger charge is -2.40. The van der Waals surface area contributed by atoms with Crippen molar-refractivity contribution in [3.05, 3.63) is 161 Å². The van der Waals surface area contributed by atoms with Crippen LogP contribution in [0.25, 0.3) is 12.2 Å². The fourth-order valence-electron chi connectivity index (χ4n) is 5.21. The third-order valence-electron chi connectivity index (χ3n) is 7.68. The van der Waals surface area contributed by atoms with E-state index in [-0.39, 0.29) is 40.5 Å². The van der Waals surface area contributed by atoms with Gasteiger partial charge in [-0.1, -0.05) is 78.9 Å². The predicted molar refractivity (Wildman–Crippen MR) is 182 cm³/mol. The van der Waals surface area contributed by atoms with Crippen molar-refractivity contribution in [3.63, 3.8) is 0 Å². The summed E-state index contributed by atoms with van der Waals surface area (Å²) in [6.45, 7) is -0.290. The predicted octanol–water partition coefficient (Wildman–Crippen LogP) is 6.68. The largest absolute Gasteiger partial charge is 0.508 e. The quantitative estimate of drug-likeness (QED) is 0.0939. The number of esters is 3. The van der Waals surface area contributed by atoms with Gasteiger partial charge in [0.25, 0.3) is 0 Å². The van der Waals surface area contributed by atoms with Crippen molar-refractivity contribution in [2.45, 2.75) is 24.6 Å². The van der Waals surface area contributed by atoms with E-state index >= 15 is 0 Å². The zero-order valence-corrected chi connectivity index (χ0v) is 26.5. The molecule has 0 spiro atoms. The summed E-state index contributed by atoms with van der Waals surface area (Å²) in [5.41, 5.74) is 2.04. The number of phenols is 2. The van der Waals surface area contributed by atoms with Gasteiger partial charge in [0.05, 0.1) is 23.3 Å². The van der Waals surface area contributed by atoms with E-state index in [0.717, 1.165) is 5.56 Å². The van der Waals surface area contributed by atoms with Crippen molar-refractivity contribution in [2.75, 3.05) is 6.61 Å². The second kappa shape index (κ2) is 15.7. The summed E-state index contributed by atoms with van der Waals surface area (Å²) in [7, 11) is 0. The maximum atomic E-state index is 13.5. The second-order valence-electron chi connectivity index (χ2n) is 11.3. The Hall–Kier alpha value is -6.39. The van der Waals surface area contributed by atoms with Crippen LogP contribution >= 0.6 is 0 Å². The Morgan fingerprint density at radius 3 is 1.62 bits per heavy atom. The van der Waals surface area contributed by atoms with Crippen LogP contribution in [0.2, 0.25) is 0 Å². The summed E-state index contributed by atoms with van der Waals surface area (Å²) in [6.07, 6.45) is -1.90. The lowest BCUT2D eigenvalue weighted by Crippen LogP contribution is -2.59. The van der Waals surface area contributed by atoms with E-state index in [1.807, 2.05) is 0 Å². The van der Waals surface area contributed by atoms with Crippen LogP contribution < -0.4 is 4.74 Å². The molecule has 5 aromatic rings. The molecule has 10 nitrogen and oxygen atoms in total. The molecule has 2 N–H and O–H groups in total. The first-order valence-corrected chi connectivity index (χ1v) is 15.7. The molecule has 1 heterocycles. The van der Waals surface area contributed by atoms with E-state index in [9.17, 15) is 24.6 Å². The standard InChI is InChI=1S/C40H32O10/c41-31-20-18-26(19-21-31)16-17-27-22-32(42)24-33(23-27)47-40-36(50-39(45)30-14-8-3-9-15-30)35(49-38(44)29-12-6-2-7-13-29)34(25-46-40)48-37(43)28-10-4-1-5-11-28/h1-24,34-36,40-42H,25H2/b17-16+/t34-,35+,36-,40+/m1/s1. The van der Waals surface area contributed by atoms with Gasteiger partial charge in [0.1, 0.15) is 17.2 Å². The molecule has 5 aromatic carbocycles. The number of benzene rings is 5. The Morgan fingerprint density at radius 2 is 1.06 bits per heavy atom. The van der Waals surface area contributed by atoms with Crippen molar-refractivity contribution >= 4 is 30.1 Å². The van der Waals surface area contributed by atoms with E-state index in [1.165, 1.54) is 12.1 Å². The average molecular weight is 673 g/mol. The van der Waals surface area contributed by atoms with E-state index in [0.29, 0.717) is 5.56 Å². The number of ether oxygens (including phenoxy) is 5. The minimum Gasteiger partial charge on any atom is -0.508 e. The van der Waals surface area contributed by atoms with Crippen LogP contribution in [0, 0.1) is 0 Å². The molecule has 0 aliphatic carbocycles. The highest BCUT2D eigenvalue weighted by molar-refractivity contribution is 5.91. The van der Waals surface area contributed by atoms with Gasteiger partial charge in [-0.3, -0.25) is 0 Å². The van der Waals surface area contributed by atoms with Gasteiger partial charge in [-0.05, 0) is 71.8 Å². The first kappa shape index (κ1) is 33.5. The van der Waals surface area contributed by atoms with Crippen LogP contribution in [-0.2, 0) is 18.9 Å². The number of carbonyl (C=O) groups is 3. The lowest BCUT2D eigenvalue weighted by atomic mass is 10.0. The molecule has 0 aromatic heterocycles. The third-order valence-corrected chi connectivity index (χ3v) is 7.68. The van der Waals surface area contributed by atoms with Crippen molar-refractivity contribution in [1.82, 2.24) is 0 Å². The monoisotopic (exact) mass is 672 g/mol. The molecular formula is C40H32O10. The first-order valence-electron chi connectivity index (χ1n) is 15.7. The van der Waals surface area contributed by atoms with Crippen molar-refractivity contribution in [1.29, 1.82) is 0 Å². The number of carbonyl (C=O) groups excluding carboxylic acids is 3. The van der Waals surface area contributed by atoms with Crippen LogP contribution in [0.5, 0.6) is 17.2 Å². The van der Waals surface area contributed by atoms with E-state index in [4.69, 9.17) is 23.7 Å². The molecule has 0 bridgehead atoms. The van der Waals surface area contributed by atoms with E-state index in [1.54, 1.807) is 133 Å². The topological polar surface area (TPSA) is 138 Å². The maximum Gasteiger partial charge on any atom is 0.338 e. The van der Waals surface area contributed by atoms with Crippen LogP contribution in [0.3, 0.4) is 0 Å². The molecule has 50 heavy (non-hydrogen) atoms. The van der Waals surface area contributed by atoms with Crippen molar-refractivity contribution in [2.24, 2.45) is 0 Å². The molecule has 252 valence electrons. The Balaban J connectivity index is 1.33. The first-order chi connectivity index (χ1) is 24.3. The summed E-state index contributed by atoms with van der Waals surface area (Å²) in [6, 6.07) is 35.7. The summed E-state index contributed by atoms with van der Waals surface area (Å²) < 4.78 is 29.9. The minimum absolute atomic E-state index is 0.122. The van der Waals surface area contributed by atoms with Gasteiger partial charge in [-0.25, -0.2) is 14.4 Å². The lowest BCUT2D eigenvalue weighted by molar-refractivity contribution is -0.241. The molecule has 4 atom stereocenters. The molecule has 0 saturated carbocycles. The van der Waals surface area contributed by atoms with Gasteiger partial charge < -0.3 is 33.9 Å². The number of aromatic hydroxyl groups is 2. The molecule has 6 rings (SSSR count). The fourth-order valence-corrected chi connectivity index (χ4v) is 5.21. The highest BCUT2D eigenvalue weighted by atomic mass is 16.7. The van der Waals surface area contributed by atoms with Crippen molar-refractivity contribution in [3.8, 4) is 17.2 Å². The average Bonchev–Trinajstić information content (AvgIpc) is 3.14. The van der Waals surface area contributed by atoms with Crippen molar-refractivity contribution < 1.29 is 48.3 Å². The Morgan fingerprint density at radius 1 is 0.560 bits per heavy atom. The Labute approximate surface area is 287 Å². The molecule has 0 amide bonds. The summed E-state index contributed by atoms with van der Waals surface area (Å²) in [5.74, 6) is -2.06. The van der Waals surface area contributed by atoms with Gasteiger partial charge >= 0.3 is 17.9 Å². The number of rotatable bonds is 10. The molecule has 10 heteroatoms. The van der Waals surface area contributed by atoms with Gasteiger partial charge in [0.15, 0.2) is 12.2 Å². The normalized spacial score (nSPS) is 18.6. The SMILES string of the molecule is O=C(O[C@@H]1[C@@H](OC(=O)c2ccccc2)[C@H](Oc2cc(O)cc(/C=C/c3ccc(O)cc3)c2)OC[C@H]1OC(=O)c1ccccc1)c1ccccc1. The van der Waals surface area contributed by atoms with E-state index in [2.05, 4.69) is 0 Å². The van der Waals surface area contributed by atoms with Gasteiger partial charge in [0.2, 0.25) is 12.4 Å². The van der Waals surface area contributed by atoms with Crippen LogP contribution in [0.15, 0.2) is 133 Å². The van der Waals surface area contributed by atoms with Gasteiger partial charge in [0, 0.05) is 6.07 Å². The van der Waals surface area contributed by atoms with Gasteiger partial charge in [-0.2, -0.15) is 0 Å². The minimum atomic E-state index is -1.45. The number of hydrogen-bond acceptors (Lipinski definition) is 10. The molecule has 0 radical (unpaired) electrons. The highest BCUT2D eigenvalue weighted by Gasteiger charge is 2.49. The molecular weight excluding hydrogens is 640 g/mol. The summed E-state index contributed by atoms with van der Waals surface area (Å²) >= 11 is 0. The second-order valence-corrected chi connectivity index (χ2v) is 11.3. The van der Waals surface area contributed by atoms with E-state index < -0.39 is 42.5 Å². The van der Waals surface area contributed by atoms with Crippen LogP contribution in [0.4, 0.5) is 0 Å². The molecule has 1 saturated heterocycles. The van der Waals surface area contributed by atoms with Gasteiger partial charge in [-0.15, -0.1) is 0 Å². The summed E-state index contributed by atoms with van der Waals surface area (Å²) in [5, 5.41) is 20.1. The number of phenolic OH excluding ortho intramolecular Hbond substituents is 2. The molecule has 1 aliphatic rings. The number of hydrogen-bond donors (Lipinski definition) is 2. The Kier molecular flexibility index (Phi) is 10.5. The maximum absolute atomic E-state index is 13.5. The fraction of sp³-hybridized carbons (Fsp3) is 0.125. The zero-order valence-electron chi connectivity index (χ0n) is 26.5. The van der Waals surface area contributed by atoms with Crippen LogP contribution in [-0.4, -0.2) is 59.3 Å².